The van der Waals surface area contributed by atoms with Crippen molar-refractivity contribution < 1.29 is 28.5 Å². The maximum absolute atomic E-state index is 12.4. The van der Waals surface area contributed by atoms with Crippen molar-refractivity contribution in [2.75, 3.05) is 27.9 Å². The van der Waals surface area contributed by atoms with E-state index in [1.165, 1.54) is 33.5 Å². The van der Waals surface area contributed by atoms with Crippen LogP contribution in [0.2, 0.25) is 0 Å². The molecule has 0 aliphatic rings. The largest absolute Gasteiger partial charge is 0.493 e. The second-order valence-corrected chi connectivity index (χ2v) is 6.84. The summed E-state index contributed by atoms with van der Waals surface area (Å²) in [4.78, 5) is 24.5. The number of amides is 2. The first kappa shape index (κ1) is 23.7. The Kier molecular flexibility index (Phi) is 8.44. The lowest BCUT2D eigenvalue weighted by Crippen LogP contribution is -2.49. The molecule has 3 N–H and O–H groups in total. The van der Waals surface area contributed by atoms with Crippen LogP contribution in [0.5, 0.6) is 23.0 Å². The van der Waals surface area contributed by atoms with Gasteiger partial charge in [0.2, 0.25) is 5.75 Å². The Bertz CT molecular complexity index is 955. The molecule has 0 saturated carbocycles. The van der Waals surface area contributed by atoms with Gasteiger partial charge in [0.05, 0.1) is 21.3 Å². The van der Waals surface area contributed by atoms with Crippen molar-refractivity contribution >= 4 is 29.1 Å². The van der Waals surface area contributed by atoms with E-state index >= 15 is 0 Å². The van der Waals surface area contributed by atoms with Crippen LogP contribution in [0.15, 0.2) is 30.3 Å². The quantitative estimate of drug-likeness (QED) is 0.437. The predicted molar refractivity (Wildman–Crippen MR) is 119 cm³/mol. The molecule has 2 rings (SSSR count). The molecule has 0 aliphatic heterocycles. The van der Waals surface area contributed by atoms with Gasteiger partial charge in [-0.1, -0.05) is 12.1 Å². The summed E-state index contributed by atoms with van der Waals surface area (Å²) in [5.74, 6) is 0.631. The van der Waals surface area contributed by atoms with E-state index in [1.54, 1.807) is 0 Å². The van der Waals surface area contributed by atoms with Gasteiger partial charge in [-0.2, -0.15) is 0 Å². The van der Waals surface area contributed by atoms with Crippen molar-refractivity contribution in [2.45, 2.75) is 13.8 Å². The number of rotatable bonds is 7. The zero-order valence-electron chi connectivity index (χ0n) is 18.0. The van der Waals surface area contributed by atoms with Gasteiger partial charge in [-0.05, 0) is 55.4 Å². The molecule has 0 aliphatic carbocycles. The van der Waals surface area contributed by atoms with Crippen molar-refractivity contribution in [1.29, 1.82) is 0 Å². The van der Waals surface area contributed by atoms with E-state index in [1.807, 2.05) is 32.0 Å². The van der Waals surface area contributed by atoms with E-state index in [0.717, 1.165) is 11.1 Å². The second kappa shape index (κ2) is 11.0. The Morgan fingerprint density at radius 2 is 1.55 bits per heavy atom. The van der Waals surface area contributed by atoms with Gasteiger partial charge in [0.15, 0.2) is 23.2 Å². The number of hydrazine groups is 1. The third-order valence-corrected chi connectivity index (χ3v) is 4.38. The first-order chi connectivity index (χ1) is 14.8. The maximum Gasteiger partial charge on any atom is 0.269 e. The molecule has 0 spiro atoms. The standard InChI is InChI=1S/C21H25N3O6S/c1-12-6-7-13(2)15(8-12)30-11-18(25)22-21(31)24-23-20(26)14-9-16(27-3)19(29-5)17(10-14)28-4/h6-10H,11H2,1-5H3,(H,23,26)(H2,22,24,25,31). The monoisotopic (exact) mass is 447 g/mol. The first-order valence-corrected chi connectivity index (χ1v) is 9.60. The Labute approximate surface area is 186 Å². The van der Waals surface area contributed by atoms with E-state index in [0.29, 0.717) is 23.0 Å². The molecule has 2 aromatic rings. The first-order valence-electron chi connectivity index (χ1n) is 9.19. The number of ether oxygens (including phenoxy) is 4. The highest BCUT2D eigenvalue weighted by atomic mass is 32.1. The molecule has 0 fully saturated rings. The highest BCUT2D eigenvalue weighted by Gasteiger charge is 2.17. The second-order valence-electron chi connectivity index (χ2n) is 6.43. The molecule has 166 valence electrons. The van der Waals surface area contributed by atoms with Gasteiger partial charge in [0.1, 0.15) is 5.75 Å². The van der Waals surface area contributed by atoms with Crippen LogP contribution in [0.3, 0.4) is 0 Å². The number of hydrogen-bond donors (Lipinski definition) is 3. The van der Waals surface area contributed by atoms with Crippen LogP contribution in [0.25, 0.3) is 0 Å². The predicted octanol–water partition coefficient (Wildman–Crippen LogP) is 2.04. The molecule has 0 saturated heterocycles. The topological polar surface area (TPSA) is 107 Å². The van der Waals surface area contributed by atoms with Crippen molar-refractivity contribution in [3.05, 3.63) is 47.0 Å². The van der Waals surface area contributed by atoms with Crippen LogP contribution >= 0.6 is 12.2 Å². The number of carbonyl (C=O) groups is 2. The lowest BCUT2D eigenvalue weighted by atomic mass is 10.1. The summed E-state index contributed by atoms with van der Waals surface area (Å²) >= 11 is 5.03. The van der Waals surface area contributed by atoms with Crippen LogP contribution < -0.4 is 35.1 Å². The lowest BCUT2D eigenvalue weighted by molar-refractivity contribution is -0.121. The highest BCUT2D eigenvalue weighted by Crippen LogP contribution is 2.38. The molecular formula is C21H25N3O6S. The minimum Gasteiger partial charge on any atom is -0.493 e. The molecule has 10 heteroatoms. The zero-order chi connectivity index (χ0) is 23.0. The molecule has 2 amide bonds. The fourth-order valence-corrected chi connectivity index (χ4v) is 2.76. The van der Waals surface area contributed by atoms with E-state index in [-0.39, 0.29) is 17.3 Å². The number of nitrogens with one attached hydrogen (secondary N) is 3. The zero-order valence-corrected chi connectivity index (χ0v) is 18.8. The minimum absolute atomic E-state index is 0.0876. The summed E-state index contributed by atoms with van der Waals surface area (Å²) in [6.07, 6.45) is 0. The van der Waals surface area contributed by atoms with Crippen LogP contribution in [0, 0.1) is 13.8 Å². The summed E-state index contributed by atoms with van der Waals surface area (Å²) in [6.45, 7) is 3.59. The number of benzene rings is 2. The third kappa shape index (κ3) is 6.48. The van der Waals surface area contributed by atoms with Crippen LogP contribution in [-0.2, 0) is 4.79 Å². The van der Waals surface area contributed by atoms with Gasteiger partial charge in [-0.25, -0.2) is 0 Å². The minimum atomic E-state index is -0.525. The fraction of sp³-hybridized carbons (Fsp3) is 0.286. The Morgan fingerprint density at radius 3 is 2.13 bits per heavy atom. The smallest absolute Gasteiger partial charge is 0.269 e. The molecule has 0 unspecified atom stereocenters. The van der Waals surface area contributed by atoms with Gasteiger partial charge >= 0.3 is 0 Å². The van der Waals surface area contributed by atoms with Crippen molar-refractivity contribution in [3.63, 3.8) is 0 Å². The Morgan fingerprint density at radius 1 is 0.903 bits per heavy atom. The van der Waals surface area contributed by atoms with Crippen LogP contribution in [-0.4, -0.2) is 44.9 Å². The summed E-state index contributed by atoms with van der Waals surface area (Å²) < 4.78 is 21.2. The van der Waals surface area contributed by atoms with Gasteiger partial charge in [0.25, 0.3) is 11.8 Å². The maximum atomic E-state index is 12.4. The lowest BCUT2D eigenvalue weighted by Gasteiger charge is -2.15. The normalized spacial score (nSPS) is 9.97. The number of hydrogen-bond acceptors (Lipinski definition) is 7. The van der Waals surface area contributed by atoms with E-state index in [4.69, 9.17) is 31.2 Å². The van der Waals surface area contributed by atoms with Gasteiger partial charge < -0.3 is 18.9 Å². The van der Waals surface area contributed by atoms with Crippen LogP contribution in [0.4, 0.5) is 0 Å². The van der Waals surface area contributed by atoms with Gasteiger partial charge in [-0.15, -0.1) is 0 Å². The highest BCUT2D eigenvalue weighted by molar-refractivity contribution is 7.80. The summed E-state index contributed by atoms with van der Waals surface area (Å²) in [7, 11) is 4.36. The van der Waals surface area contributed by atoms with E-state index in [9.17, 15) is 9.59 Å². The molecule has 9 nitrogen and oxygen atoms in total. The van der Waals surface area contributed by atoms with Crippen LogP contribution in [0.1, 0.15) is 21.5 Å². The molecule has 31 heavy (non-hydrogen) atoms. The Balaban J connectivity index is 1.90. The average Bonchev–Trinajstić information content (AvgIpc) is 2.76. The SMILES string of the molecule is COc1cc(C(=O)NNC(=S)NC(=O)COc2cc(C)ccc2C)cc(OC)c1OC. The average molecular weight is 448 g/mol. The molecule has 0 heterocycles. The van der Waals surface area contributed by atoms with Crippen molar-refractivity contribution in [1.82, 2.24) is 16.2 Å². The van der Waals surface area contributed by atoms with E-state index < -0.39 is 11.8 Å². The summed E-state index contributed by atoms with van der Waals surface area (Å²) in [5, 5.41) is 2.34. The fourth-order valence-electron chi connectivity index (χ4n) is 2.60. The van der Waals surface area contributed by atoms with Crippen molar-refractivity contribution in [3.8, 4) is 23.0 Å². The molecule has 0 atom stereocenters. The van der Waals surface area contributed by atoms with E-state index in [2.05, 4.69) is 16.2 Å². The number of carbonyl (C=O) groups excluding carboxylic acids is 2. The summed E-state index contributed by atoms with van der Waals surface area (Å²) in [5.41, 5.74) is 7.03. The van der Waals surface area contributed by atoms with Gasteiger partial charge in [-0.3, -0.25) is 25.8 Å². The molecular weight excluding hydrogens is 422 g/mol. The molecule has 0 radical (unpaired) electrons. The molecule has 0 bridgehead atoms. The number of thiocarbonyl (C=S) groups is 1. The molecule has 2 aromatic carbocycles. The Hall–Kier alpha value is -3.53. The number of methoxy groups -OCH3 is 3. The molecule has 0 aromatic heterocycles. The van der Waals surface area contributed by atoms with Gasteiger partial charge in [0, 0.05) is 5.56 Å². The third-order valence-electron chi connectivity index (χ3n) is 4.17. The van der Waals surface area contributed by atoms with Crippen molar-refractivity contribution in [2.24, 2.45) is 0 Å². The summed E-state index contributed by atoms with van der Waals surface area (Å²) in [6, 6.07) is 8.68. The number of aryl methyl sites for hydroxylation is 2.